The normalized spacial score (nSPS) is 19.9. The molecule has 1 saturated heterocycles. The van der Waals surface area contributed by atoms with Crippen LogP contribution in [-0.2, 0) is 16.1 Å². The van der Waals surface area contributed by atoms with E-state index in [1.54, 1.807) is 0 Å². The van der Waals surface area contributed by atoms with Crippen LogP contribution in [0, 0.1) is 6.92 Å². The van der Waals surface area contributed by atoms with Crippen molar-refractivity contribution in [2.24, 2.45) is 0 Å². The number of rotatable bonds is 3. The highest BCUT2D eigenvalue weighted by Crippen LogP contribution is 2.12. The maximum absolute atomic E-state index is 11.8. The zero-order valence-corrected chi connectivity index (χ0v) is 10.2. The lowest BCUT2D eigenvalue weighted by Gasteiger charge is -2.33. The molecular weight excluding hydrogens is 232 g/mol. The van der Waals surface area contributed by atoms with Gasteiger partial charge in [0.05, 0.1) is 6.54 Å². The Balaban J connectivity index is 2.15. The van der Waals surface area contributed by atoms with Crippen molar-refractivity contribution in [2.75, 3.05) is 13.1 Å². The number of nitrogens with one attached hydrogen (secondary N) is 1. The Morgan fingerprint density at radius 3 is 2.72 bits per heavy atom. The van der Waals surface area contributed by atoms with Crippen molar-refractivity contribution < 1.29 is 14.7 Å². The monoisotopic (exact) mass is 248 g/mol. The fraction of sp³-hybridized carbons (Fsp3) is 0.385. The number of benzene rings is 1. The smallest absolute Gasteiger partial charge is 0.327 e. The molecule has 0 spiro atoms. The minimum Gasteiger partial charge on any atom is -0.480 e. The van der Waals surface area contributed by atoms with E-state index in [2.05, 4.69) is 5.32 Å². The number of carboxylic acid groups (broad SMARTS) is 1. The summed E-state index contributed by atoms with van der Waals surface area (Å²) in [7, 11) is 0. The Kier molecular flexibility index (Phi) is 3.62. The van der Waals surface area contributed by atoms with Crippen molar-refractivity contribution >= 4 is 11.9 Å². The zero-order chi connectivity index (χ0) is 13.1. The van der Waals surface area contributed by atoms with Crippen LogP contribution in [0.5, 0.6) is 0 Å². The van der Waals surface area contributed by atoms with Gasteiger partial charge in [-0.05, 0) is 12.5 Å². The third-order valence-electron chi connectivity index (χ3n) is 3.07. The number of hydrogen-bond donors (Lipinski definition) is 2. The van der Waals surface area contributed by atoms with Gasteiger partial charge in [-0.15, -0.1) is 0 Å². The lowest BCUT2D eigenvalue weighted by molar-refractivity contribution is -0.152. The number of carboxylic acids is 1. The van der Waals surface area contributed by atoms with Gasteiger partial charge in [-0.2, -0.15) is 0 Å². The molecule has 1 unspecified atom stereocenters. The number of aryl methyl sites for hydroxylation is 1. The number of nitrogens with zero attached hydrogens (tertiary/aromatic N) is 1. The minimum atomic E-state index is -0.970. The first-order valence-electron chi connectivity index (χ1n) is 5.86. The van der Waals surface area contributed by atoms with E-state index in [-0.39, 0.29) is 12.5 Å². The second kappa shape index (κ2) is 5.18. The highest BCUT2D eigenvalue weighted by atomic mass is 16.4. The molecule has 0 aromatic heterocycles. The van der Waals surface area contributed by atoms with Gasteiger partial charge in [-0.1, -0.05) is 29.8 Å². The zero-order valence-electron chi connectivity index (χ0n) is 10.2. The fourth-order valence-electron chi connectivity index (χ4n) is 2.01. The van der Waals surface area contributed by atoms with Crippen LogP contribution >= 0.6 is 0 Å². The van der Waals surface area contributed by atoms with Crippen LogP contribution in [0.2, 0.25) is 0 Å². The van der Waals surface area contributed by atoms with Crippen LogP contribution < -0.4 is 5.32 Å². The number of carbonyl (C=O) groups excluding carboxylic acids is 1. The van der Waals surface area contributed by atoms with Crippen molar-refractivity contribution in [3.05, 3.63) is 35.4 Å². The summed E-state index contributed by atoms with van der Waals surface area (Å²) in [6.07, 6.45) is 0. The van der Waals surface area contributed by atoms with Crippen LogP contribution in [0.1, 0.15) is 11.1 Å². The minimum absolute atomic E-state index is 0.172. The van der Waals surface area contributed by atoms with Crippen LogP contribution in [-0.4, -0.2) is 41.0 Å². The first-order chi connectivity index (χ1) is 8.58. The molecule has 2 rings (SSSR count). The first kappa shape index (κ1) is 12.6. The molecular formula is C13H16N2O3. The SMILES string of the molecule is Cc1ccc(CN2C(=O)CNCC2C(=O)O)cc1. The van der Waals surface area contributed by atoms with Gasteiger partial charge in [0.2, 0.25) is 5.91 Å². The van der Waals surface area contributed by atoms with Crippen LogP contribution in [0.15, 0.2) is 24.3 Å². The molecule has 1 aromatic carbocycles. The summed E-state index contributed by atoms with van der Waals surface area (Å²) in [5, 5.41) is 11.9. The molecule has 18 heavy (non-hydrogen) atoms. The third kappa shape index (κ3) is 2.68. The molecule has 0 bridgehead atoms. The molecule has 0 radical (unpaired) electrons. The fourth-order valence-corrected chi connectivity index (χ4v) is 2.01. The average molecular weight is 248 g/mol. The van der Waals surface area contributed by atoms with Crippen LogP contribution in [0.4, 0.5) is 0 Å². The molecule has 5 heteroatoms. The summed E-state index contributed by atoms with van der Waals surface area (Å²) in [5.41, 5.74) is 2.09. The summed E-state index contributed by atoms with van der Waals surface area (Å²) >= 11 is 0. The van der Waals surface area contributed by atoms with Crippen molar-refractivity contribution in [1.82, 2.24) is 10.2 Å². The summed E-state index contributed by atoms with van der Waals surface area (Å²) in [6.45, 7) is 2.83. The Hall–Kier alpha value is -1.88. The van der Waals surface area contributed by atoms with Gasteiger partial charge in [-0.3, -0.25) is 4.79 Å². The molecule has 1 aliphatic heterocycles. The predicted molar refractivity (Wildman–Crippen MR) is 66.0 cm³/mol. The van der Waals surface area contributed by atoms with Gasteiger partial charge in [0.15, 0.2) is 0 Å². The Bertz CT molecular complexity index is 456. The van der Waals surface area contributed by atoms with Crippen molar-refractivity contribution in [3.63, 3.8) is 0 Å². The lowest BCUT2D eigenvalue weighted by atomic mass is 10.1. The number of aliphatic carboxylic acids is 1. The molecule has 2 N–H and O–H groups in total. The second-order valence-electron chi connectivity index (χ2n) is 4.49. The van der Waals surface area contributed by atoms with E-state index >= 15 is 0 Å². The number of amides is 1. The Morgan fingerprint density at radius 1 is 1.44 bits per heavy atom. The van der Waals surface area contributed by atoms with E-state index in [1.165, 1.54) is 4.90 Å². The standard InChI is InChI=1S/C13H16N2O3/c1-9-2-4-10(5-3-9)8-15-11(13(17)18)6-14-7-12(15)16/h2-5,11,14H,6-8H2,1H3,(H,17,18). The summed E-state index contributed by atoms with van der Waals surface area (Å²) in [6, 6.07) is 6.97. The van der Waals surface area contributed by atoms with E-state index in [9.17, 15) is 9.59 Å². The van der Waals surface area contributed by atoms with Crippen LogP contribution in [0.3, 0.4) is 0 Å². The van der Waals surface area contributed by atoms with Gasteiger partial charge >= 0.3 is 5.97 Å². The summed E-state index contributed by atoms with van der Waals surface area (Å²) < 4.78 is 0. The average Bonchev–Trinajstić information content (AvgIpc) is 2.34. The van der Waals surface area contributed by atoms with E-state index in [1.807, 2.05) is 31.2 Å². The van der Waals surface area contributed by atoms with Crippen LogP contribution in [0.25, 0.3) is 0 Å². The molecule has 1 aromatic rings. The van der Waals surface area contributed by atoms with Gasteiger partial charge in [0.1, 0.15) is 6.04 Å². The molecule has 0 saturated carbocycles. The van der Waals surface area contributed by atoms with Crippen molar-refractivity contribution in [2.45, 2.75) is 19.5 Å². The highest BCUT2D eigenvalue weighted by molar-refractivity contribution is 5.86. The molecule has 0 aliphatic carbocycles. The van der Waals surface area contributed by atoms with Gasteiger partial charge < -0.3 is 15.3 Å². The molecule has 1 amide bonds. The third-order valence-corrected chi connectivity index (χ3v) is 3.07. The highest BCUT2D eigenvalue weighted by Gasteiger charge is 2.32. The molecule has 1 fully saturated rings. The van der Waals surface area contributed by atoms with E-state index in [0.717, 1.165) is 11.1 Å². The molecule has 1 aliphatic rings. The van der Waals surface area contributed by atoms with Gasteiger partial charge in [0, 0.05) is 13.1 Å². The Morgan fingerprint density at radius 2 is 2.11 bits per heavy atom. The summed E-state index contributed by atoms with van der Waals surface area (Å²) in [5.74, 6) is -1.14. The van der Waals surface area contributed by atoms with Gasteiger partial charge in [0.25, 0.3) is 0 Å². The number of hydrogen-bond acceptors (Lipinski definition) is 3. The van der Waals surface area contributed by atoms with E-state index in [4.69, 9.17) is 5.11 Å². The van der Waals surface area contributed by atoms with E-state index in [0.29, 0.717) is 13.1 Å². The molecule has 5 nitrogen and oxygen atoms in total. The predicted octanol–water partition coefficient (Wildman–Crippen LogP) is 0.380. The van der Waals surface area contributed by atoms with Gasteiger partial charge in [-0.25, -0.2) is 4.79 Å². The molecule has 1 atom stereocenters. The van der Waals surface area contributed by atoms with Crippen molar-refractivity contribution in [1.29, 1.82) is 0 Å². The largest absolute Gasteiger partial charge is 0.480 e. The maximum Gasteiger partial charge on any atom is 0.327 e. The van der Waals surface area contributed by atoms with Crippen molar-refractivity contribution in [3.8, 4) is 0 Å². The molecule has 1 heterocycles. The first-order valence-corrected chi connectivity index (χ1v) is 5.86. The Labute approximate surface area is 105 Å². The molecule has 96 valence electrons. The maximum atomic E-state index is 11.8. The number of carbonyl (C=O) groups is 2. The summed E-state index contributed by atoms with van der Waals surface area (Å²) in [4.78, 5) is 24.3. The topological polar surface area (TPSA) is 69.6 Å². The quantitative estimate of drug-likeness (QED) is 0.811. The van der Waals surface area contributed by atoms with E-state index < -0.39 is 12.0 Å². The second-order valence-corrected chi connectivity index (χ2v) is 4.49. The number of piperazine rings is 1. The lowest BCUT2D eigenvalue weighted by Crippen LogP contribution is -2.57.